The molecule has 0 aliphatic rings. The molecular formula is C11H11NS2. The highest BCUT2D eigenvalue weighted by molar-refractivity contribution is 7.99. The third-order valence-electron chi connectivity index (χ3n) is 2.10. The number of hydrogen-bond donors (Lipinski definition) is 0. The van der Waals surface area contributed by atoms with E-state index in [-0.39, 0.29) is 0 Å². The van der Waals surface area contributed by atoms with E-state index >= 15 is 0 Å². The normalized spacial score (nSPS) is 10.7. The monoisotopic (exact) mass is 221 g/mol. The molecule has 0 fully saturated rings. The molecule has 72 valence electrons. The molecule has 0 spiro atoms. The van der Waals surface area contributed by atoms with Crippen LogP contribution in [0.15, 0.2) is 40.3 Å². The third kappa shape index (κ3) is 1.74. The van der Waals surface area contributed by atoms with E-state index in [1.54, 1.807) is 23.5 Å². The molecule has 0 saturated carbocycles. The summed E-state index contributed by atoms with van der Waals surface area (Å²) in [4.78, 5) is 6.95. The van der Waals surface area contributed by atoms with Crippen molar-refractivity contribution in [1.82, 2.24) is 4.98 Å². The fourth-order valence-corrected chi connectivity index (χ4v) is 2.57. The molecule has 1 nitrogen and oxygen atoms in total. The summed E-state index contributed by atoms with van der Waals surface area (Å²) in [6, 6.07) is 8.48. The summed E-state index contributed by atoms with van der Waals surface area (Å²) in [6.07, 6.45) is 6.04. The van der Waals surface area contributed by atoms with E-state index in [1.165, 1.54) is 15.2 Å². The van der Waals surface area contributed by atoms with Gasteiger partial charge in [-0.25, -0.2) is 0 Å². The van der Waals surface area contributed by atoms with E-state index in [0.717, 1.165) is 5.52 Å². The first-order chi connectivity index (χ1) is 6.85. The Morgan fingerprint density at radius 3 is 2.71 bits per heavy atom. The standard InChI is InChI=1S/C11H11NS2/c1-13-9-6-8-4-3-5-12-11(8)10(7-9)14-2/h3-7H,1-2H3. The number of rotatable bonds is 2. The lowest BCUT2D eigenvalue weighted by molar-refractivity contribution is 1.31. The minimum Gasteiger partial charge on any atom is -0.255 e. The van der Waals surface area contributed by atoms with Crippen molar-refractivity contribution in [2.75, 3.05) is 12.5 Å². The fourth-order valence-electron chi connectivity index (χ4n) is 1.41. The maximum atomic E-state index is 4.40. The molecule has 0 saturated heterocycles. The number of hydrogen-bond acceptors (Lipinski definition) is 3. The number of thioether (sulfide) groups is 2. The Morgan fingerprint density at radius 2 is 2.00 bits per heavy atom. The second-order valence-electron chi connectivity index (χ2n) is 2.90. The highest BCUT2D eigenvalue weighted by Crippen LogP contribution is 2.29. The van der Waals surface area contributed by atoms with E-state index in [9.17, 15) is 0 Å². The largest absolute Gasteiger partial charge is 0.255 e. The van der Waals surface area contributed by atoms with Crippen molar-refractivity contribution in [3.8, 4) is 0 Å². The lowest BCUT2D eigenvalue weighted by Gasteiger charge is -2.05. The topological polar surface area (TPSA) is 12.9 Å². The average Bonchev–Trinajstić information content (AvgIpc) is 2.27. The van der Waals surface area contributed by atoms with Crippen molar-refractivity contribution in [1.29, 1.82) is 0 Å². The predicted octanol–water partition coefficient (Wildman–Crippen LogP) is 3.68. The second kappa shape index (κ2) is 4.24. The van der Waals surface area contributed by atoms with Gasteiger partial charge < -0.3 is 0 Å². The molecule has 14 heavy (non-hydrogen) atoms. The van der Waals surface area contributed by atoms with Crippen LogP contribution in [0.2, 0.25) is 0 Å². The quantitative estimate of drug-likeness (QED) is 0.718. The Kier molecular flexibility index (Phi) is 2.99. The molecule has 0 amide bonds. The first-order valence-electron chi connectivity index (χ1n) is 4.32. The van der Waals surface area contributed by atoms with Crippen LogP contribution < -0.4 is 0 Å². The maximum absolute atomic E-state index is 4.40. The van der Waals surface area contributed by atoms with Crippen LogP contribution in [-0.2, 0) is 0 Å². The summed E-state index contributed by atoms with van der Waals surface area (Å²) in [6.45, 7) is 0. The Morgan fingerprint density at radius 1 is 1.14 bits per heavy atom. The summed E-state index contributed by atoms with van der Waals surface area (Å²) in [5, 5.41) is 1.23. The summed E-state index contributed by atoms with van der Waals surface area (Å²) in [7, 11) is 0. The molecule has 0 N–H and O–H groups in total. The SMILES string of the molecule is CSc1cc(SC)c2ncccc2c1. The van der Waals surface area contributed by atoms with Gasteiger partial charge in [0.25, 0.3) is 0 Å². The van der Waals surface area contributed by atoms with Crippen LogP contribution in [0.1, 0.15) is 0 Å². The summed E-state index contributed by atoms with van der Waals surface area (Å²) >= 11 is 3.52. The van der Waals surface area contributed by atoms with E-state index < -0.39 is 0 Å². The van der Waals surface area contributed by atoms with Gasteiger partial charge >= 0.3 is 0 Å². The molecule has 0 unspecified atom stereocenters. The predicted molar refractivity (Wildman–Crippen MR) is 65.3 cm³/mol. The van der Waals surface area contributed by atoms with Crippen LogP contribution in [0.4, 0.5) is 0 Å². The van der Waals surface area contributed by atoms with Crippen LogP contribution in [-0.4, -0.2) is 17.5 Å². The van der Waals surface area contributed by atoms with E-state index in [1.807, 2.05) is 12.3 Å². The molecule has 2 rings (SSSR count). The summed E-state index contributed by atoms with van der Waals surface area (Å²) in [5.74, 6) is 0. The Balaban J connectivity index is 2.73. The van der Waals surface area contributed by atoms with E-state index in [2.05, 4.69) is 35.7 Å². The zero-order chi connectivity index (χ0) is 9.97. The van der Waals surface area contributed by atoms with Crippen molar-refractivity contribution in [2.45, 2.75) is 9.79 Å². The lowest BCUT2D eigenvalue weighted by atomic mass is 10.2. The molecule has 0 radical (unpaired) electrons. The first kappa shape index (κ1) is 9.87. The first-order valence-corrected chi connectivity index (χ1v) is 6.77. The van der Waals surface area contributed by atoms with Gasteiger partial charge in [-0.2, -0.15) is 0 Å². The van der Waals surface area contributed by atoms with Gasteiger partial charge in [-0.15, -0.1) is 23.5 Å². The molecule has 3 heteroatoms. The maximum Gasteiger partial charge on any atom is 0.0838 e. The van der Waals surface area contributed by atoms with Gasteiger partial charge in [-0.3, -0.25) is 4.98 Å². The van der Waals surface area contributed by atoms with Crippen LogP contribution in [0.25, 0.3) is 10.9 Å². The van der Waals surface area contributed by atoms with Gasteiger partial charge in [0, 0.05) is 21.4 Å². The van der Waals surface area contributed by atoms with Crippen molar-refractivity contribution >= 4 is 34.4 Å². The van der Waals surface area contributed by atoms with Gasteiger partial charge in [0.05, 0.1) is 5.52 Å². The van der Waals surface area contributed by atoms with Crippen LogP contribution >= 0.6 is 23.5 Å². The number of aromatic nitrogens is 1. The fraction of sp³-hybridized carbons (Fsp3) is 0.182. The van der Waals surface area contributed by atoms with E-state index in [4.69, 9.17) is 0 Å². The Hall–Kier alpha value is -0.670. The molecule has 2 aromatic rings. The summed E-state index contributed by atoms with van der Waals surface area (Å²) < 4.78 is 0. The van der Waals surface area contributed by atoms with Crippen LogP contribution in [0.3, 0.4) is 0 Å². The van der Waals surface area contributed by atoms with Crippen LogP contribution in [0.5, 0.6) is 0 Å². The van der Waals surface area contributed by atoms with Crippen molar-refractivity contribution in [3.63, 3.8) is 0 Å². The highest BCUT2D eigenvalue weighted by Gasteiger charge is 2.03. The van der Waals surface area contributed by atoms with Gasteiger partial charge in [0.2, 0.25) is 0 Å². The molecule has 1 aromatic heterocycles. The van der Waals surface area contributed by atoms with Crippen molar-refractivity contribution in [2.24, 2.45) is 0 Å². The molecular weight excluding hydrogens is 210 g/mol. The Bertz CT molecular complexity index is 454. The Labute approximate surface area is 92.3 Å². The van der Waals surface area contributed by atoms with Gasteiger partial charge in [-0.1, -0.05) is 6.07 Å². The van der Waals surface area contributed by atoms with Crippen molar-refractivity contribution < 1.29 is 0 Å². The van der Waals surface area contributed by atoms with Crippen molar-refractivity contribution in [3.05, 3.63) is 30.5 Å². The minimum absolute atomic E-state index is 1.11. The zero-order valence-corrected chi connectivity index (χ0v) is 9.78. The number of nitrogens with zero attached hydrogens (tertiary/aromatic N) is 1. The average molecular weight is 221 g/mol. The molecule has 0 atom stereocenters. The van der Waals surface area contributed by atoms with Gasteiger partial charge in [-0.05, 0) is 30.7 Å². The summed E-state index contributed by atoms with van der Waals surface area (Å²) in [5.41, 5.74) is 1.11. The second-order valence-corrected chi connectivity index (χ2v) is 4.63. The number of pyridine rings is 1. The minimum atomic E-state index is 1.11. The van der Waals surface area contributed by atoms with Gasteiger partial charge in [0.1, 0.15) is 0 Å². The zero-order valence-electron chi connectivity index (χ0n) is 8.15. The highest BCUT2D eigenvalue weighted by atomic mass is 32.2. The molecule has 0 bridgehead atoms. The molecule has 1 aromatic carbocycles. The van der Waals surface area contributed by atoms with Crippen LogP contribution in [0, 0.1) is 0 Å². The lowest BCUT2D eigenvalue weighted by Crippen LogP contribution is -1.82. The van der Waals surface area contributed by atoms with Gasteiger partial charge in [0.15, 0.2) is 0 Å². The molecule has 1 heterocycles. The third-order valence-corrected chi connectivity index (χ3v) is 3.56. The smallest absolute Gasteiger partial charge is 0.0838 e. The van der Waals surface area contributed by atoms with E-state index in [0.29, 0.717) is 0 Å². The number of fused-ring (bicyclic) bond motifs is 1. The number of benzene rings is 1. The molecule has 0 aliphatic carbocycles. The molecule has 0 aliphatic heterocycles.